The van der Waals surface area contributed by atoms with Gasteiger partial charge in [0.05, 0.1) is 26.4 Å². The van der Waals surface area contributed by atoms with Crippen LogP contribution in [0, 0.1) is 13.8 Å². The van der Waals surface area contributed by atoms with Gasteiger partial charge in [0, 0.05) is 37.7 Å². The Kier molecular flexibility index (Phi) is 6.84. The quantitative estimate of drug-likeness (QED) is 0.801. The second-order valence-electron chi connectivity index (χ2n) is 6.92. The number of nitrogens with one attached hydrogen (secondary N) is 2. The van der Waals surface area contributed by atoms with Crippen LogP contribution in [0.5, 0.6) is 5.75 Å². The molecule has 0 bridgehead atoms. The van der Waals surface area contributed by atoms with Gasteiger partial charge in [-0.1, -0.05) is 0 Å². The van der Waals surface area contributed by atoms with Crippen LogP contribution in [0.15, 0.2) is 36.7 Å². The summed E-state index contributed by atoms with van der Waals surface area (Å²) < 4.78 is 10.8. The van der Waals surface area contributed by atoms with Gasteiger partial charge in [0.1, 0.15) is 5.75 Å². The number of ether oxygens (including phenoxy) is 2. The Morgan fingerprint density at radius 1 is 1.21 bits per heavy atom. The average Bonchev–Trinajstić information content (AvgIpc) is 2.69. The van der Waals surface area contributed by atoms with Crippen molar-refractivity contribution in [3.8, 4) is 5.75 Å². The van der Waals surface area contributed by atoms with Crippen molar-refractivity contribution in [3.63, 3.8) is 0 Å². The highest BCUT2D eigenvalue weighted by atomic mass is 16.5. The number of nitrogens with zero attached hydrogens (tertiary/aromatic N) is 2. The molecule has 0 aliphatic carbocycles. The lowest BCUT2D eigenvalue weighted by molar-refractivity contribution is 0.0167. The number of rotatable bonds is 6. The average molecular weight is 384 g/mol. The molecule has 1 aliphatic rings. The highest BCUT2D eigenvalue weighted by molar-refractivity contribution is 5.89. The van der Waals surface area contributed by atoms with Gasteiger partial charge < -0.3 is 20.1 Å². The van der Waals surface area contributed by atoms with Crippen LogP contribution in [-0.4, -0.2) is 55.9 Å². The number of anilines is 1. The zero-order valence-corrected chi connectivity index (χ0v) is 16.7. The number of urea groups is 1. The first kappa shape index (κ1) is 20.1. The van der Waals surface area contributed by atoms with Gasteiger partial charge in [-0.05, 0) is 54.8 Å². The van der Waals surface area contributed by atoms with Crippen molar-refractivity contribution in [3.05, 3.63) is 53.3 Å². The molecule has 1 saturated heterocycles. The smallest absolute Gasteiger partial charge is 0.319 e. The van der Waals surface area contributed by atoms with E-state index in [-0.39, 0.29) is 12.1 Å². The molecule has 1 aliphatic heterocycles. The molecule has 2 N–H and O–H groups in total. The van der Waals surface area contributed by atoms with Crippen molar-refractivity contribution in [2.45, 2.75) is 19.9 Å². The lowest BCUT2D eigenvalue weighted by atomic mass is 10.1. The molecule has 150 valence electrons. The number of hydrogen-bond acceptors (Lipinski definition) is 5. The number of carbonyl (C=O) groups is 1. The maximum Gasteiger partial charge on any atom is 0.319 e. The normalized spacial score (nSPS) is 15.7. The number of amides is 2. The van der Waals surface area contributed by atoms with Gasteiger partial charge in [0.15, 0.2) is 0 Å². The summed E-state index contributed by atoms with van der Waals surface area (Å²) in [7, 11) is 1.65. The van der Waals surface area contributed by atoms with Crippen molar-refractivity contribution >= 4 is 11.7 Å². The van der Waals surface area contributed by atoms with Crippen LogP contribution in [0.2, 0.25) is 0 Å². The number of hydrogen-bond donors (Lipinski definition) is 2. The summed E-state index contributed by atoms with van der Waals surface area (Å²) in [5, 5.41) is 5.93. The zero-order chi connectivity index (χ0) is 19.9. The fourth-order valence-corrected chi connectivity index (χ4v) is 3.64. The predicted octanol–water partition coefficient (Wildman–Crippen LogP) is 2.90. The predicted molar refractivity (Wildman–Crippen MR) is 109 cm³/mol. The van der Waals surface area contributed by atoms with E-state index in [1.54, 1.807) is 19.5 Å². The monoisotopic (exact) mass is 384 g/mol. The summed E-state index contributed by atoms with van der Waals surface area (Å²) in [5.41, 5.74) is 3.86. The molecule has 1 unspecified atom stereocenters. The molecule has 7 nitrogen and oxygen atoms in total. The third-order valence-corrected chi connectivity index (χ3v) is 4.96. The minimum Gasteiger partial charge on any atom is -0.496 e. The van der Waals surface area contributed by atoms with E-state index in [4.69, 9.17) is 9.47 Å². The molecule has 28 heavy (non-hydrogen) atoms. The molecule has 0 saturated carbocycles. The van der Waals surface area contributed by atoms with Crippen LogP contribution in [0.4, 0.5) is 10.5 Å². The van der Waals surface area contributed by atoms with E-state index in [0.29, 0.717) is 19.8 Å². The minimum atomic E-state index is -0.226. The molecule has 3 rings (SSSR count). The standard InChI is InChI=1S/C21H28N4O3/c1-15-12-18(13-16(2)20(15)27-3)24-21(26)23-14-19(17-4-6-22-7-5-17)25-8-10-28-11-9-25/h4-7,12-13,19H,8-11,14H2,1-3H3,(H2,23,24,26). The molecule has 2 amide bonds. The zero-order valence-electron chi connectivity index (χ0n) is 16.7. The SMILES string of the molecule is COc1c(C)cc(NC(=O)NCC(c2ccncc2)N2CCOCC2)cc1C. The van der Waals surface area contributed by atoms with Gasteiger partial charge in [-0.2, -0.15) is 0 Å². The third kappa shape index (κ3) is 4.99. The number of aryl methyl sites for hydroxylation is 2. The molecule has 1 fully saturated rings. The summed E-state index contributed by atoms with van der Waals surface area (Å²) in [6, 6.07) is 7.67. The van der Waals surface area contributed by atoms with E-state index >= 15 is 0 Å². The fraction of sp³-hybridized carbons (Fsp3) is 0.429. The topological polar surface area (TPSA) is 75.7 Å². The van der Waals surface area contributed by atoms with Crippen molar-refractivity contribution in [2.75, 3.05) is 45.3 Å². The summed E-state index contributed by atoms with van der Waals surface area (Å²) in [6.45, 7) is 7.53. The van der Waals surface area contributed by atoms with E-state index in [1.165, 1.54) is 0 Å². The molecule has 7 heteroatoms. The number of methoxy groups -OCH3 is 1. The lowest BCUT2D eigenvalue weighted by Gasteiger charge is -2.34. The van der Waals surface area contributed by atoms with E-state index in [2.05, 4.69) is 20.5 Å². The fourth-order valence-electron chi connectivity index (χ4n) is 3.64. The first-order valence-electron chi connectivity index (χ1n) is 9.50. The van der Waals surface area contributed by atoms with E-state index < -0.39 is 0 Å². The molecule has 1 atom stereocenters. The summed E-state index contributed by atoms with van der Waals surface area (Å²) in [6.07, 6.45) is 3.57. The summed E-state index contributed by atoms with van der Waals surface area (Å²) >= 11 is 0. The van der Waals surface area contributed by atoms with Crippen molar-refractivity contribution in [1.82, 2.24) is 15.2 Å². The van der Waals surface area contributed by atoms with Gasteiger partial charge in [0.25, 0.3) is 0 Å². The van der Waals surface area contributed by atoms with Crippen LogP contribution >= 0.6 is 0 Å². The molecular weight excluding hydrogens is 356 g/mol. The maximum atomic E-state index is 12.5. The number of benzene rings is 1. The van der Waals surface area contributed by atoms with Gasteiger partial charge in [0.2, 0.25) is 0 Å². The first-order valence-corrected chi connectivity index (χ1v) is 9.50. The molecule has 2 aromatic rings. The van der Waals surface area contributed by atoms with Crippen LogP contribution in [0.25, 0.3) is 0 Å². The van der Waals surface area contributed by atoms with Crippen molar-refractivity contribution < 1.29 is 14.3 Å². The Morgan fingerprint density at radius 2 is 1.86 bits per heavy atom. The van der Waals surface area contributed by atoms with Crippen molar-refractivity contribution in [1.29, 1.82) is 0 Å². The second-order valence-corrected chi connectivity index (χ2v) is 6.92. The number of pyridine rings is 1. The Labute approximate surface area is 166 Å². The maximum absolute atomic E-state index is 12.5. The Hall–Kier alpha value is -2.64. The van der Waals surface area contributed by atoms with Crippen LogP contribution in [-0.2, 0) is 4.74 Å². The molecule has 1 aromatic carbocycles. The largest absolute Gasteiger partial charge is 0.496 e. The third-order valence-electron chi connectivity index (χ3n) is 4.96. The van der Waals surface area contributed by atoms with E-state index in [9.17, 15) is 4.79 Å². The van der Waals surface area contributed by atoms with Crippen LogP contribution in [0.1, 0.15) is 22.7 Å². The van der Waals surface area contributed by atoms with E-state index in [1.807, 2.05) is 38.1 Å². The van der Waals surface area contributed by atoms with Gasteiger partial charge >= 0.3 is 6.03 Å². The second kappa shape index (κ2) is 9.52. The molecule has 0 spiro atoms. The van der Waals surface area contributed by atoms with Gasteiger partial charge in [-0.3, -0.25) is 9.88 Å². The first-order chi connectivity index (χ1) is 13.6. The molecule has 1 aromatic heterocycles. The minimum absolute atomic E-state index is 0.0805. The van der Waals surface area contributed by atoms with E-state index in [0.717, 1.165) is 41.2 Å². The molecule has 0 radical (unpaired) electrons. The number of aromatic nitrogens is 1. The highest BCUT2D eigenvalue weighted by Crippen LogP contribution is 2.27. The Bertz CT molecular complexity index is 768. The van der Waals surface area contributed by atoms with Crippen molar-refractivity contribution in [2.24, 2.45) is 0 Å². The number of morpholine rings is 1. The Morgan fingerprint density at radius 3 is 2.46 bits per heavy atom. The summed E-state index contributed by atoms with van der Waals surface area (Å²) in [4.78, 5) is 18.9. The summed E-state index contributed by atoms with van der Waals surface area (Å²) in [5.74, 6) is 0.844. The lowest BCUT2D eigenvalue weighted by Crippen LogP contribution is -2.44. The highest BCUT2D eigenvalue weighted by Gasteiger charge is 2.23. The van der Waals surface area contributed by atoms with Gasteiger partial charge in [-0.25, -0.2) is 4.79 Å². The van der Waals surface area contributed by atoms with Crippen LogP contribution in [0.3, 0.4) is 0 Å². The van der Waals surface area contributed by atoms with Gasteiger partial charge in [-0.15, -0.1) is 0 Å². The molecule has 2 heterocycles. The van der Waals surface area contributed by atoms with Crippen LogP contribution < -0.4 is 15.4 Å². The Balaban J connectivity index is 1.65. The number of carbonyl (C=O) groups excluding carboxylic acids is 1. The molecular formula is C21H28N4O3.